The van der Waals surface area contributed by atoms with E-state index in [4.69, 9.17) is 14.2 Å². The molecular weight excluding hydrogens is 532 g/mol. The van der Waals surface area contributed by atoms with Gasteiger partial charge < -0.3 is 14.2 Å². The molecule has 0 spiro atoms. The Balaban J connectivity index is 1.24. The van der Waals surface area contributed by atoms with Gasteiger partial charge in [-0.1, -0.05) is 42.5 Å². The topological polar surface area (TPSA) is 108 Å². The van der Waals surface area contributed by atoms with Gasteiger partial charge in [-0.3, -0.25) is 24.6 Å². The number of methoxy groups -OCH3 is 1. The van der Waals surface area contributed by atoms with Gasteiger partial charge in [0.15, 0.2) is 11.5 Å². The van der Waals surface area contributed by atoms with Crippen molar-refractivity contribution in [2.24, 2.45) is 0 Å². The predicted octanol–water partition coefficient (Wildman–Crippen LogP) is 6.45. The van der Waals surface area contributed by atoms with Crippen molar-refractivity contribution < 1.29 is 28.7 Å². The summed E-state index contributed by atoms with van der Waals surface area (Å²) >= 11 is 0.871. The zero-order valence-electron chi connectivity index (χ0n) is 21.4. The van der Waals surface area contributed by atoms with E-state index >= 15 is 0 Å². The molecular formula is C30H24N2O7S. The molecule has 202 valence electrons. The monoisotopic (exact) mass is 556 g/mol. The Morgan fingerprint density at radius 3 is 2.45 bits per heavy atom. The zero-order chi connectivity index (χ0) is 28.1. The summed E-state index contributed by atoms with van der Waals surface area (Å²) in [6.45, 7) is 0.449. The summed E-state index contributed by atoms with van der Waals surface area (Å²) in [5.41, 5.74) is 1.39. The third-order valence-corrected chi connectivity index (χ3v) is 7.13. The fourth-order valence-corrected chi connectivity index (χ4v) is 5.05. The number of nitro groups is 1. The van der Waals surface area contributed by atoms with Crippen molar-refractivity contribution in [3.05, 3.63) is 111 Å². The molecule has 0 aliphatic carbocycles. The highest BCUT2D eigenvalue weighted by Crippen LogP contribution is 2.35. The van der Waals surface area contributed by atoms with Crippen LogP contribution < -0.4 is 14.2 Å². The largest absolute Gasteiger partial charge is 0.493 e. The number of thioether (sulfide) groups is 1. The number of imide groups is 1. The molecule has 0 aromatic heterocycles. The van der Waals surface area contributed by atoms with Crippen LogP contribution in [0, 0.1) is 10.1 Å². The lowest BCUT2D eigenvalue weighted by atomic mass is 10.1. The molecule has 1 heterocycles. The number of fused-ring (bicyclic) bond motifs is 1. The molecule has 0 atom stereocenters. The second-order valence-electron chi connectivity index (χ2n) is 8.78. The maximum Gasteiger partial charge on any atom is 0.293 e. The number of amides is 2. The summed E-state index contributed by atoms with van der Waals surface area (Å²) in [4.78, 5) is 37.5. The van der Waals surface area contributed by atoms with E-state index in [9.17, 15) is 19.7 Å². The first kappa shape index (κ1) is 26.8. The highest BCUT2D eigenvalue weighted by molar-refractivity contribution is 8.18. The molecule has 0 radical (unpaired) electrons. The van der Waals surface area contributed by atoms with Crippen LogP contribution in [-0.4, -0.2) is 41.2 Å². The Morgan fingerprint density at radius 1 is 0.900 bits per heavy atom. The molecule has 4 aromatic rings. The van der Waals surface area contributed by atoms with E-state index < -0.39 is 4.92 Å². The predicted molar refractivity (Wildman–Crippen MR) is 153 cm³/mol. The number of ether oxygens (including phenoxy) is 3. The van der Waals surface area contributed by atoms with Crippen molar-refractivity contribution in [2.45, 2.75) is 6.61 Å². The quantitative estimate of drug-likeness (QED) is 0.125. The lowest BCUT2D eigenvalue weighted by molar-refractivity contribution is -0.384. The smallest absolute Gasteiger partial charge is 0.293 e. The van der Waals surface area contributed by atoms with Crippen LogP contribution in [0.5, 0.6) is 17.2 Å². The Morgan fingerprint density at radius 2 is 1.68 bits per heavy atom. The van der Waals surface area contributed by atoms with Crippen molar-refractivity contribution in [2.75, 3.05) is 20.3 Å². The highest BCUT2D eigenvalue weighted by Gasteiger charge is 2.34. The molecule has 1 aliphatic rings. The van der Waals surface area contributed by atoms with E-state index in [1.807, 2.05) is 42.5 Å². The standard InChI is InChI=1S/C30H24N2O7S/c1-37-26-14-11-21(17-27(26)39-19-20-9-12-23(13-10-20)32(35)36)18-28-29(33)31(30(34)40-28)15-16-38-25-8-4-6-22-5-2-3-7-24(22)25/h2-14,17-18H,15-16,19H2,1H3/b28-18-. The van der Waals surface area contributed by atoms with Gasteiger partial charge in [-0.2, -0.15) is 0 Å². The molecule has 40 heavy (non-hydrogen) atoms. The lowest BCUT2D eigenvalue weighted by Crippen LogP contribution is -2.32. The van der Waals surface area contributed by atoms with Crippen LogP contribution >= 0.6 is 11.8 Å². The number of nitrogens with zero attached hydrogens (tertiary/aromatic N) is 2. The highest BCUT2D eigenvalue weighted by atomic mass is 32.2. The number of benzene rings is 4. The van der Waals surface area contributed by atoms with Gasteiger partial charge in [0.1, 0.15) is 19.0 Å². The Labute approximate surface area is 234 Å². The molecule has 10 heteroatoms. The Kier molecular flexibility index (Phi) is 7.97. The third kappa shape index (κ3) is 5.92. The average Bonchev–Trinajstić information content (AvgIpc) is 3.23. The summed E-state index contributed by atoms with van der Waals surface area (Å²) in [5, 5.41) is 12.5. The molecule has 4 aromatic carbocycles. The maximum absolute atomic E-state index is 13.0. The van der Waals surface area contributed by atoms with E-state index in [1.165, 1.54) is 24.1 Å². The first-order valence-electron chi connectivity index (χ1n) is 12.3. The van der Waals surface area contributed by atoms with E-state index in [1.54, 1.807) is 36.4 Å². The summed E-state index contributed by atoms with van der Waals surface area (Å²) in [7, 11) is 1.51. The Bertz CT molecular complexity index is 1610. The minimum atomic E-state index is -0.461. The van der Waals surface area contributed by atoms with Gasteiger partial charge >= 0.3 is 0 Å². The average molecular weight is 557 g/mol. The molecule has 2 amide bonds. The normalized spacial score (nSPS) is 14.1. The van der Waals surface area contributed by atoms with Gasteiger partial charge in [-0.15, -0.1) is 0 Å². The van der Waals surface area contributed by atoms with Crippen molar-refractivity contribution in [1.82, 2.24) is 4.90 Å². The van der Waals surface area contributed by atoms with E-state index in [-0.39, 0.29) is 36.6 Å². The van der Waals surface area contributed by atoms with Crippen molar-refractivity contribution in [3.63, 3.8) is 0 Å². The number of hydrogen-bond donors (Lipinski definition) is 0. The molecule has 1 aliphatic heterocycles. The van der Waals surface area contributed by atoms with Crippen molar-refractivity contribution >= 4 is 45.4 Å². The number of hydrogen-bond acceptors (Lipinski definition) is 8. The van der Waals surface area contributed by atoms with Gasteiger partial charge in [-0.05, 0) is 64.7 Å². The number of nitro benzene ring substituents is 1. The first-order valence-corrected chi connectivity index (χ1v) is 13.1. The third-order valence-electron chi connectivity index (χ3n) is 6.22. The number of rotatable bonds is 10. The summed E-state index contributed by atoms with van der Waals surface area (Å²) in [6.07, 6.45) is 1.63. The fraction of sp³-hybridized carbons (Fsp3) is 0.133. The van der Waals surface area contributed by atoms with Crippen LogP contribution in [-0.2, 0) is 11.4 Å². The number of carbonyl (C=O) groups excluding carboxylic acids is 2. The molecule has 0 unspecified atom stereocenters. The van der Waals surface area contributed by atoms with Gasteiger partial charge in [0, 0.05) is 17.5 Å². The number of non-ortho nitro benzene ring substituents is 1. The summed E-state index contributed by atoms with van der Waals surface area (Å²) < 4.78 is 17.2. The molecule has 0 bridgehead atoms. The molecule has 5 rings (SSSR count). The van der Waals surface area contributed by atoms with E-state index in [0.29, 0.717) is 27.7 Å². The van der Waals surface area contributed by atoms with Gasteiger partial charge in [0.25, 0.3) is 16.8 Å². The SMILES string of the molecule is COc1ccc(/C=C2\SC(=O)N(CCOc3cccc4ccccc34)C2=O)cc1OCc1ccc([N+](=O)[O-])cc1. The van der Waals surface area contributed by atoms with Crippen molar-refractivity contribution in [1.29, 1.82) is 0 Å². The molecule has 1 fully saturated rings. The molecule has 0 N–H and O–H groups in total. The van der Waals surface area contributed by atoms with Gasteiger partial charge in [-0.25, -0.2) is 0 Å². The molecule has 1 saturated heterocycles. The zero-order valence-corrected chi connectivity index (χ0v) is 22.3. The second kappa shape index (κ2) is 11.9. The minimum Gasteiger partial charge on any atom is -0.493 e. The Hall–Kier alpha value is -4.83. The van der Waals surface area contributed by atoms with Crippen LogP contribution in [0.3, 0.4) is 0 Å². The van der Waals surface area contributed by atoms with Gasteiger partial charge in [0.05, 0.1) is 23.5 Å². The van der Waals surface area contributed by atoms with Crippen LogP contribution in [0.1, 0.15) is 11.1 Å². The number of carbonyl (C=O) groups is 2. The van der Waals surface area contributed by atoms with Crippen molar-refractivity contribution in [3.8, 4) is 17.2 Å². The summed E-state index contributed by atoms with van der Waals surface area (Å²) in [6, 6.07) is 24.8. The lowest BCUT2D eigenvalue weighted by Gasteiger charge is -2.14. The first-order chi connectivity index (χ1) is 19.4. The van der Waals surface area contributed by atoms with Gasteiger partial charge in [0.2, 0.25) is 0 Å². The molecule has 9 nitrogen and oxygen atoms in total. The maximum atomic E-state index is 13.0. The second-order valence-corrected chi connectivity index (χ2v) is 9.77. The fourth-order valence-electron chi connectivity index (χ4n) is 4.18. The minimum absolute atomic E-state index is 0.00241. The van der Waals surface area contributed by atoms with Crippen LogP contribution in [0.4, 0.5) is 10.5 Å². The van der Waals surface area contributed by atoms with E-state index in [2.05, 4.69) is 0 Å². The van der Waals surface area contributed by atoms with Crippen LogP contribution in [0.15, 0.2) is 89.8 Å². The van der Waals surface area contributed by atoms with Crippen LogP contribution in [0.25, 0.3) is 16.8 Å². The molecule has 0 saturated carbocycles. The van der Waals surface area contributed by atoms with Crippen LogP contribution in [0.2, 0.25) is 0 Å². The van der Waals surface area contributed by atoms with E-state index in [0.717, 1.165) is 28.1 Å². The summed E-state index contributed by atoms with van der Waals surface area (Å²) in [5.74, 6) is 1.22.